The van der Waals surface area contributed by atoms with E-state index in [9.17, 15) is 9.90 Å². The number of carbonyl (C=O) groups excluding carboxylic acids is 1. The van der Waals surface area contributed by atoms with Gasteiger partial charge in [-0.05, 0) is 0 Å². The van der Waals surface area contributed by atoms with Crippen molar-refractivity contribution in [1.29, 1.82) is 0 Å². The fourth-order valence-electron chi connectivity index (χ4n) is 1.33. The molecule has 0 unspecified atom stereocenters. The first-order chi connectivity index (χ1) is 5.66. The summed E-state index contributed by atoms with van der Waals surface area (Å²) in [6.45, 7) is 1.15. The predicted molar refractivity (Wildman–Crippen MR) is 42.8 cm³/mol. The lowest BCUT2D eigenvalue weighted by Crippen LogP contribution is -2.44. The number of hydrogen-bond donors (Lipinski definition) is 2. The van der Waals surface area contributed by atoms with Crippen LogP contribution >= 0.6 is 0 Å². The number of nitrogens with one attached hydrogen (secondary N) is 1. The van der Waals surface area contributed by atoms with E-state index in [0.717, 1.165) is 0 Å². The second-order valence-electron chi connectivity index (χ2n) is 2.87. The molecule has 5 nitrogen and oxygen atoms in total. The molecule has 1 aliphatic heterocycles. The monoisotopic (exact) mass is 174 g/mol. The van der Waals surface area contributed by atoms with Crippen LogP contribution in [0.3, 0.4) is 0 Å². The standard InChI is InChI=1S/C7H14N2O3/c1-9(7(11)12-2)5-3-8-4-6(5)10/h5-6,8,10H,3-4H2,1-2H3/t5-,6-/m0/s1. The Morgan fingerprint density at radius 1 is 1.67 bits per heavy atom. The van der Waals surface area contributed by atoms with Gasteiger partial charge in [0.25, 0.3) is 0 Å². The van der Waals surface area contributed by atoms with Crippen LogP contribution in [0.2, 0.25) is 0 Å². The highest BCUT2D eigenvalue weighted by Crippen LogP contribution is 2.07. The Balaban J connectivity index is 2.51. The summed E-state index contributed by atoms with van der Waals surface area (Å²) in [5.74, 6) is 0. The van der Waals surface area contributed by atoms with Crippen LogP contribution < -0.4 is 5.32 Å². The highest BCUT2D eigenvalue weighted by molar-refractivity contribution is 5.67. The summed E-state index contributed by atoms with van der Waals surface area (Å²) in [5.41, 5.74) is 0. The third kappa shape index (κ3) is 1.67. The van der Waals surface area contributed by atoms with Gasteiger partial charge < -0.3 is 20.1 Å². The Bertz CT molecular complexity index is 174. The Labute approximate surface area is 71.3 Å². The van der Waals surface area contributed by atoms with E-state index in [-0.39, 0.29) is 6.04 Å². The van der Waals surface area contributed by atoms with Gasteiger partial charge in [0.1, 0.15) is 0 Å². The fourth-order valence-corrected chi connectivity index (χ4v) is 1.33. The number of nitrogens with zero attached hydrogens (tertiary/aromatic N) is 1. The van der Waals surface area contributed by atoms with E-state index in [1.54, 1.807) is 7.05 Å². The van der Waals surface area contributed by atoms with Crippen LogP contribution in [0.15, 0.2) is 0 Å². The second-order valence-corrected chi connectivity index (χ2v) is 2.87. The van der Waals surface area contributed by atoms with Crippen molar-refractivity contribution in [2.45, 2.75) is 12.1 Å². The number of amides is 1. The van der Waals surface area contributed by atoms with Gasteiger partial charge in [0.15, 0.2) is 0 Å². The minimum absolute atomic E-state index is 0.169. The minimum atomic E-state index is -0.492. The molecular weight excluding hydrogens is 160 g/mol. The first-order valence-electron chi connectivity index (χ1n) is 3.86. The van der Waals surface area contributed by atoms with Gasteiger partial charge in [-0.2, -0.15) is 0 Å². The second kappa shape index (κ2) is 3.73. The van der Waals surface area contributed by atoms with Gasteiger partial charge in [-0.3, -0.25) is 0 Å². The molecule has 0 radical (unpaired) electrons. The highest BCUT2D eigenvalue weighted by atomic mass is 16.5. The average molecular weight is 174 g/mol. The van der Waals surface area contributed by atoms with Gasteiger partial charge >= 0.3 is 6.09 Å². The number of likely N-dealkylation sites (N-methyl/N-ethyl adjacent to an activating group) is 1. The Hall–Kier alpha value is -0.810. The molecule has 70 valence electrons. The van der Waals surface area contributed by atoms with Crippen LogP contribution in [-0.4, -0.2) is 55.5 Å². The predicted octanol–water partition coefficient (Wildman–Crippen LogP) is -0.983. The first-order valence-corrected chi connectivity index (χ1v) is 3.86. The van der Waals surface area contributed by atoms with Gasteiger partial charge in [-0.1, -0.05) is 0 Å². The molecule has 2 N–H and O–H groups in total. The van der Waals surface area contributed by atoms with E-state index in [1.165, 1.54) is 12.0 Å². The minimum Gasteiger partial charge on any atom is -0.453 e. The molecule has 1 saturated heterocycles. The smallest absolute Gasteiger partial charge is 0.409 e. The summed E-state index contributed by atoms with van der Waals surface area (Å²) in [7, 11) is 2.94. The van der Waals surface area contributed by atoms with E-state index in [2.05, 4.69) is 10.1 Å². The Morgan fingerprint density at radius 2 is 2.33 bits per heavy atom. The molecular formula is C7H14N2O3. The molecule has 0 bridgehead atoms. The summed E-state index contributed by atoms with van der Waals surface area (Å²) >= 11 is 0. The van der Waals surface area contributed by atoms with Gasteiger partial charge in [-0.15, -0.1) is 0 Å². The van der Waals surface area contributed by atoms with Crippen molar-refractivity contribution >= 4 is 6.09 Å². The van der Waals surface area contributed by atoms with Crippen molar-refractivity contribution in [1.82, 2.24) is 10.2 Å². The molecule has 0 aromatic rings. The molecule has 0 saturated carbocycles. The van der Waals surface area contributed by atoms with Gasteiger partial charge in [0.2, 0.25) is 0 Å². The van der Waals surface area contributed by atoms with Crippen molar-refractivity contribution in [3.8, 4) is 0 Å². The maximum atomic E-state index is 11.0. The van der Waals surface area contributed by atoms with E-state index in [4.69, 9.17) is 0 Å². The van der Waals surface area contributed by atoms with Gasteiger partial charge in [0.05, 0.1) is 19.3 Å². The molecule has 0 aromatic carbocycles. The normalized spacial score (nSPS) is 28.6. The van der Waals surface area contributed by atoms with E-state index in [0.29, 0.717) is 13.1 Å². The quantitative estimate of drug-likeness (QED) is 0.536. The van der Waals surface area contributed by atoms with Crippen molar-refractivity contribution in [2.75, 3.05) is 27.2 Å². The summed E-state index contributed by atoms with van der Waals surface area (Å²) in [6.07, 6.45) is -0.906. The third-order valence-corrected chi connectivity index (χ3v) is 2.11. The summed E-state index contributed by atoms with van der Waals surface area (Å²) in [5, 5.41) is 12.4. The van der Waals surface area contributed by atoms with E-state index in [1.807, 2.05) is 0 Å². The lowest BCUT2D eigenvalue weighted by atomic mass is 10.2. The largest absolute Gasteiger partial charge is 0.453 e. The van der Waals surface area contributed by atoms with Crippen LogP contribution in [0, 0.1) is 0 Å². The average Bonchev–Trinajstić information content (AvgIpc) is 2.48. The van der Waals surface area contributed by atoms with E-state index >= 15 is 0 Å². The fraction of sp³-hybridized carbons (Fsp3) is 0.857. The van der Waals surface area contributed by atoms with E-state index < -0.39 is 12.2 Å². The number of aliphatic hydroxyl groups excluding tert-OH is 1. The lowest BCUT2D eigenvalue weighted by molar-refractivity contribution is 0.0771. The zero-order chi connectivity index (χ0) is 9.14. The molecule has 5 heteroatoms. The summed E-state index contributed by atoms with van der Waals surface area (Å²) in [4.78, 5) is 12.4. The first kappa shape index (κ1) is 9.28. The number of rotatable bonds is 1. The van der Waals surface area contributed by atoms with Crippen molar-refractivity contribution in [2.24, 2.45) is 0 Å². The van der Waals surface area contributed by atoms with Crippen molar-refractivity contribution in [3.63, 3.8) is 0 Å². The molecule has 1 heterocycles. The molecule has 0 aliphatic carbocycles. The SMILES string of the molecule is COC(=O)N(C)[C@H]1CNC[C@@H]1O. The van der Waals surface area contributed by atoms with Gasteiger partial charge in [0, 0.05) is 20.1 Å². The van der Waals surface area contributed by atoms with Gasteiger partial charge in [-0.25, -0.2) is 4.79 Å². The van der Waals surface area contributed by atoms with Crippen LogP contribution in [0.5, 0.6) is 0 Å². The topological polar surface area (TPSA) is 61.8 Å². The molecule has 2 atom stereocenters. The molecule has 12 heavy (non-hydrogen) atoms. The molecule has 1 amide bonds. The van der Waals surface area contributed by atoms with Crippen molar-refractivity contribution < 1.29 is 14.6 Å². The molecule has 1 rings (SSSR count). The lowest BCUT2D eigenvalue weighted by Gasteiger charge is -2.24. The molecule has 1 fully saturated rings. The van der Waals surface area contributed by atoms with Crippen LogP contribution in [0.25, 0.3) is 0 Å². The molecule has 1 aliphatic rings. The number of ether oxygens (including phenoxy) is 1. The maximum absolute atomic E-state index is 11.0. The van der Waals surface area contributed by atoms with Crippen LogP contribution in [-0.2, 0) is 4.74 Å². The molecule has 0 aromatic heterocycles. The number of aliphatic hydroxyl groups is 1. The Kier molecular flexibility index (Phi) is 2.88. The summed E-state index contributed by atoms with van der Waals surface area (Å²) in [6, 6.07) is -0.169. The number of hydrogen-bond acceptors (Lipinski definition) is 4. The van der Waals surface area contributed by atoms with Crippen LogP contribution in [0.4, 0.5) is 4.79 Å². The Morgan fingerprint density at radius 3 is 2.75 bits per heavy atom. The third-order valence-electron chi connectivity index (χ3n) is 2.11. The molecule has 0 spiro atoms. The zero-order valence-corrected chi connectivity index (χ0v) is 7.28. The van der Waals surface area contributed by atoms with Crippen LogP contribution in [0.1, 0.15) is 0 Å². The maximum Gasteiger partial charge on any atom is 0.409 e. The number of methoxy groups -OCH3 is 1. The van der Waals surface area contributed by atoms with Crippen molar-refractivity contribution in [3.05, 3.63) is 0 Å². The number of β-amino-alcohol motifs (C(OH)–C–C–N with tert-alkyl or cyclic N) is 1. The highest BCUT2D eigenvalue weighted by Gasteiger charge is 2.31. The zero-order valence-electron chi connectivity index (χ0n) is 7.28. The number of carbonyl (C=O) groups is 1. The summed E-state index contributed by atoms with van der Waals surface area (Å²) < 4.78 is 4.52.